The van der Waals surface area contributed by atoms with E-state index < -0.39 is 0 Å². The van der Waals surface area contributed by atoms with Crippen LogP contribution >= 0.6 is 0 Å². The number of amides is 1. The summed E-state index contributed by atoms with van der Waals surface area (Å²) in [6.45, 7) is 6.27. The van der Waals surface area contributed by atoms with E-state index in [1.54, 1.807) is 0 Å². The first-order valence-electron chi connectivity index (χ1n) is 7.65. The lowest BCUT2D eigenvalue weighted by atomic mass is 10.2. The normalized spacial score (nSPS) is 21.7. The Hall–Kier alpha value is -0.650. The summed E-state index contributed by atoms with van der Waals surface area (Å²) in [6, 6.07) is 0.433. The Balaban J connectivity index is 1.43. The maximum Gasteiger partial charge on any atom is 0.234 e. The van der Waals surface area contributed by atoms with Crippen LogP contribution < -0.4 is 10.6 Å². The van der Waals surface area contributed by atoms with Crippen LogP contribution in [0.25, 0.3) is 0 Å². The maximum absolute atomic E-state index is 11.7. The fourth-order valence-electron chi connectivity index (χ4n) is 2.80. The van der Waals surface area contributed by atoms with E-state index in [1.807, 2.05) is 0 Å². The van der Waals surface area contributed by atoms with Crippen molar-refractivity contribution in [3.63, 3.8) is 0 Å². The highest BCUT2D eigenvalue weighted by Gasteiger charge is 2.16. The zero-order valence-corrected chi connectivity index (χ0v) is 11.8. The van der Waals surface area contributed by atoms with Crippen LogP contribution in [0.15, 0.2) is 0 Å². The van der Waals surface area contributed by atoms with Crippen molar-refractivity contribution in [1.82, 2.24) is 15.5 Å². The highest BCUT2D eigenvalue weighted by atomic mass is 16.5. The minimum absolute atomic E-state index is 0.151. The largest absolute Gasteiger partial charge is 0.379 e. The molecule has 0 radical (unpaired) electrons. The molecule has 1 amide bonds. The molecule has 2 rings (SSSR count). The number of rotatable bonds is 7. The van der Waals surface area contributed by atoms with E-state index >= 15 is 0 Å². The maximum atomic E-state index is 11.7. The van der Waals surface area contributed by atoms with Crippen molar-refractivity contribution in [3.8, 4) is 0 Å². The summed E-state index contributed by atoms with van der Waals surface area (Å²) in [5, 5.41) is 6.32. The van der Waals surface area contributed by atoms with E-state index in [2.05, 4.69) is 15.5 Å². The van der Waals surface area contributed by atoms with Crippen LogP contribution in [0, 0.1) is 0 Å². The summed E-state index contributed by atoms with van der Waals surface area (Å²) >= 11 is 0. The van der Waals surface area contributed by atoms with Crippen molar-refractivity contribution in [3.05, 3.63) is 0 Å². The van der Waals surface area contributed by atoms with Gasteiger partial charge in [-0.15, -0.1) is 0 Å². The number of carbonyl (C=O) groups excluding carboxylic acids is 1. The van der Waals surface area contributed by atoms with Gasteiger partial charge < -0.3 is 15.4 Å². The van der Waals surface area contributed by atoms with Gasteiger partial charge in [-0.25, -0.2) is 0 Å². The van der Waals surface area contributed by atoms with E-state index in [0.717, 1.165) is 58.7 Å². The Morgan fingerprint density at radius 2 is 1.95 bits per heavy atom. The van der Waals surface area contributed by atoms with E-state index in [-0.39, 0.29) is 5.91 Å². The third kappa shape index (κ3) is 5.89. The van der Waals surface area contributed by atoms with Gasteiger partial charge in [0.15, 0.2) is 0 Å². The van der Waals surface area contributed by atoms with Crippen molar-refractivity contribution < 1.29 is 9.53 Å². The summed E-state index contributed by atoms with van der Waals surface area (Å²) < 4.78 is 5.31. The number of nitrogens with zero attached hydrogens (tertiary/aromatic N) is 1. The number of hydrogen-bond acceptors (Lipinski definition) is 4. The first-order valence-corrected chi connectivity index (χ1v) is 7.65. The van der Waals surface area contributed by atoms with Crippen molar-refractivity contribution >= 4 is 5.91 Å². The van der Waals surface area contributed by atoms with Crippen LogP contribution in [-0.4, -0.2) is 62.8 Å². The third-order valence-corrected chi connectivity index (χ3v) is 3.94. The van der Waals surface area contributed by atoms with Crippen LogP contribution in [0.5, 0.6) is 0 Å². The Morgan fingerprint density at radius 3 is 2.68 bits per heavy atom. The molecule has 0 aromatic rings. The molecule has 0 atom stereocenters. The van der Waals surface area contributed by atoms with Crippen molar-refractivity contribution in [2.24, 2.45) is 0 Å². The summed E-state index contributed by atoms with van der Waals surface area (Å²) in [7, 11) is 0. The summed E-state index contributed by atoms with van der Waals surface area (Å²) in [4.78, 5) is 14.1. The zero-order valence-electron chi connectivity index (χ0n) is 11.8. The second-order valence-electron chi connectivity index (χ2n) is 5.53. The van der Waals surface area contributed by atoms with Crippen LogP contribution in [-0.2, 0) is 9.53 Å². The van der Waals surface area contributed by atoms with Gasteiger partial charge in [-0.2, -0.15) is 0 Å². The lowest BCUT2D eigenvalue weighted by molar-refractivity contribution is -0.120. The van der Waals surface area contributed by atoms with Crippen LogP contribution in [0.3, 0.4) is 0 Å². The molecular weight excluding hydrogens is 242 g/mol. The molecule has 2 N–H and O–H groups in total. The molecular formula is C14H27N3O2. The van der Waals surface area contributed by atoms with Gasteiger partial charge in [-0.1, -0.05) is 12.8 Å². The van der Waals surface area contributed by atoms with Crippen LogP contribution in [0.4, 0.5) is 0 Å². The second kappa shape index (κ2) is 8.51. The van der Waals surface area contributed by atoms with E-state index in [1.165, 1.54) is 12.8 Å². The van der Waals surface area contributed by atoms with Gasteiger partial charge in [0.25, 0.3) is 0 Å². The first-order chi connectivity index (χ1) is 9.34. The summed E-state index contributed by atoms with van der Waals surface area (Å²) in [6.07, 6.45) is 5.93. The predicted molar refractivity (Wildman–Crippen MR) is 75.1 cm³/mol. The van der Waals surface area contributed by atoms with Crippen LogP contribution in [0.2, 0.25) is 0 Å². The Labute approximate surface area is 116 Å². The Kier molecular flexibility index (Phi) is 6.61. The molecule has 2 fully saturated rings. The van der Waals surface area contributed by atoms with Crippen LogP contribution in [0.1, 0.15) is 32.1 Å². The highest BCUT2D eigenvalue weighted by Crippen LogP contribution is 2.17. The van der Waals surface area contributed by atoms with Gasteiger partial charge in [0.2, 0.25) is 5.91 Å². The predicted octanol–water partition coefficient (Wildman–Crippen LogP) is 0.357. The minimum Gasteiger partial charge on any atom is -0.379 e. The number of morpholine rings is 1. The topological polar surface area (TPSA) is 53.6 Å². The molecule has 5 heteroatoms. The summed E-state index contributed by atoms with van der Waals surface area (Å²) in [5.41, 5.74) is 0. The quantitative estimate of drug-likeness (QED) is 0.655. The molecule has 0 unspecified atom stereocenters. The average molecular weight is 269 g/mol. The fraction of sp³-hybridized carbons (Fsp3) is 0.929. The Bertz CT molecular complexity index is 261. The molecule has 1 saturated heterocycles. The van der Waals surface area contributed by atoms with E-state index in [9.17, 15) is 4.79 Å². The van der Waals surface area contributed by atoms with Gasteiger partial charge in [0.1, 0.15) is 0 Å². The third-order valence-electron chi connectivity index (χ3n) is 3.94. The van der Waals surface area contributed by atoms with E-state index in [4.69, 9.17) is 4.74 Å². The smallest absolute Gasteiger partial charge is 0.234 e. The lowest BCUT2D eigenvalue weighted by Crippen LogP contribution is -2.40. The molecule has 1 aliphatic heterocycles. The monoisotopic (exact) mass is 269 g/mol. The van der Waals surface area contributed by atoms with Gasteiger partial charge in [-0.3, -0.25) is 9.69 Å². The standard InChI is InChI=1S/C14H27N3O2/c18-14(16-13-4-1-2-5-13)12-15-6-3-7-17-8-10-19-11-9-17/h13,15H,1-12H2,(H,16,18). The molecule has 0 aromatic carbocycles. The molecule has 2 aliphatic rings. The molecule has 0 bridgehead atoms. The molecule has 1 heterocycles. The summed E-state index contributed by atoms with van der Waals surface area (Å²) in [5.74, 6) is 0.151. The van der Waals surface area contributed by atoms with Crippen molar-refractivity contribution in [1.29, 1.82) is 0 Å². The number of hydrogen-bond donors (Lipinski definition) is 2. The van der Waals surface area contributed by atoms with Crippen molar-refractivity contribution in [2.45, 2.75) is 38.1 Å². The lowest BCUT2D eigenvalue weighted by Gasteiger charge is -2.26. The Morgan fingerprint density at radius 1 is 1.21 bits per heavy atom. The minimum atomic E-state index is 0.151. The molecule has 1 aliphatic carbocycles. The van der Waals surface area contributed by atoms with Crippen molar-refractivity contribution in [2.75, 3.05) is 45.9 Å². The first kappa shape index (κ1) is 14.8. The zero-order chi connectivity index (χ0) is 13.3. The molecule has 1 saturated carbocycles. The molecule has 0 spiro atoms. The fourth-order valence-corrected chi connectivity index (χ4v) is 2.80. The van der Waals surface area contributed by atoms with Gasteiger partial charge >= 0.3 is 0 Å². The van der Waals surface area contributed by atoms with Gasteiger partial charge in [-0.05, 0) is 32.4 Å². The van der Waals surface area contributed by atoms with E-state index in [0.29, 0.717) is 12.6 Å². The number of ether oxygens (including phenoxy) is 1. The average Bonchev–Trinajstić information content (AvgIpc) is 2.92. The van der Waals surface area contributed by atoms with Gasteiger partial charge in [0, 0.05) is 19.1 Å². The van der Waals surface area contributed by atoms with Gasteiger partial charge in [0.05, 0.1) is 19.8 Å². The molecule has 0 aromatic heterocycles. The molecule has 110 valence electrons. The number of nitrogens with one attached hydrogen (secondary N) is 2. The SMILES string of the molecule is O=C(CNCCCN1CCOCC1)NC1CCCC1. The number of carbonyl (C=O) groups is 1. The molecule has 5 nitrogen and oxygen atoms in total. The second-order valence-corrected chi connectivity index (χ2v) is 5.53. The molecule has 19 heavy (non-hydrogen) atoms. The highest BCUT2D eigenvalue weighted by molar-refractivity contribution is 5.78.